The Morgan fingerprint density at radius 3 is 2.56 bits per heavy atom. The third-order valence-corrected chi connectivity index (χ3v) is 3.50. The first-order valence-electron chi connectivity index (χ1n) is 7.39. The second kappa shape index (κ2) is 8.84. The second-order valence-electron chi connectivity index (χ2n) is 5.13. The first-order chi connectivity index (χ1) is 12.0. The van der Waals surface area contributed by atoms with Crippen LogP contribution in [-0.2, 0) is 14.4 Å². The molecule has 0 unspecified atom stereocenters. The predicted octanol–water partition coefficient (Wildman–Crippen LogP) is 3.42. The summed E-state index contributed by atoms with van der Waals surface area (Å²) in [6, 6.07) is 11.8. The van der Waals surface area contributed by atoms with E-state index in [2.05, 4.69) is 15.2 Å². The molecule has 0 aliphatic heterocycles. The Balaban J connectivity index is 1.82. The molecule has 0 aromatic heterocycles. The molecule has 0 bridgehead atoms. The molecule has 0 aliphatic rings. The van der Waals surface area contributed by atoms with E-state index in [1.807, 2.05) is 6.92 Å². The molecule has 0 saturated carbocycles. The number of benzene rings is 2. The zero-order valence-electron chi connectivity index (χ0n) is 13.8. The quantitative estimate of drug-likeness (QED) is 0.486. The number of hydrogen-bond acceptors (Lipinski definition) is 5. The normalized spacial score (nSPS) is 10.5. The monoisotopic (exact) mass is 360 g/mol. The van der Waals surface area contributed by atoms with Gasteiger partial charge < -0.3 is 14.9 Å². The minimum absolute atomic E-state index is 0.223. The molecular formula is C18H17ClN2O4. The summed E-state index contributed by atoms with van der Waals surface area (Å²) in [6.07, 6.45) is 1.45. The van der Waals surface area contributed by atoms with Crippen LogP contribution in [0.3, 0.4) is 0 Å². The number of nitrogens with zero attached hydrogens (tertiary/aromatic N) is 1. The fourth-order valence-electron chi connectivity index (χ4n) is 1.97. The number of amides is 1. The van der Waals surface area contributed by atoms with Crippen molar-refractivity contribution in [2.75, 3.05) is 19.0 Å². The number of oxime groups is 1. The number of methoxy groups -OCH3 is 1. The molecule has 130 valence electrons. The van der Waals surface area contributed by atoms with E-state index < -0.39 is 5.97 Å². The standard InChI is InChI=1S/C18H17ClN2O4/c1-12-9-15(19)7-8-16(12)21-17(22)11-25-20-10-13-3-5-14(6-4-13)18(23)24-2/h3-10H,11H2,1-2H3,(H,21,22)/b20-10+. The van der Waals surface area contributed by atoms with E-state index in [0.717, 1.165) is 11.1 Å². The molecular weight excluding hydrogens is 344 g/mol. The van der Waals surface area contributed by atoms with E-state index in [4.69, 9.17) is 16.4 Å². The van der Waals surface area contributed by atoms with Crippen LogP contribution in [0, 0.1) is 6.92 Å². The fraction of sp³-hybridized carbons (Fsp3) is 0.167. The minimum atomic E-state index is -0.408. The van der Waals surface area contributed by atoms with Crippen LogP contribution < -0.4 is 5.32 Å². The number of esters is 1. The lowest BCUT2D eigenvalue weighted by Crippen LogP contribution is -2.17. The third kappa shape index (κ3) is 5.61. The van der Waals surface area contributed by atoms with E-state index in [9.17, 15) is 9.59 Å². The van der Waals surface area contributed by atoms with Crippen molar-refractivity contribution in [3.8, 4) is 0 Å². The van der Waals surface area contributed by atoms with Gasteiger partial charge in [-0.05, 0) is 48.4 Å². The van der Waals surface area contributed by atoms with E-state index in [-0.39, 0.29) is 12.5 Å². The van der Waals surface area contributed by atoms with Crippen molar-refractivity contribution in [1.29, 1.82) is 0 Å². The van der Waals surface area contributed by atoms with E-state index in [1.54, 1.807) is 42.5 Å². The Labute approximate surface area is 150 Å². The van der Waals surface area contributed by atoms with Crippen molar-refractivity contribution in [2.45, 2.75) is 6.92 Å². The summed E-state index contributed by atoms with van der Waals surface area (Å²) in [5, 5.41) is 7.05. The van der Waals surface area contributed by atoms with Gasteiger partial charge in [-0.3, -0.25) is 4.79 Å². The molecule has 0 radical (unpaired) electrons. The van der Waals surface area contributed by atoms with Crippen LogP contribution in [0.2, 0.25) is 5.02 Å². The Hall–Kier alpha value is -2.86. The number of halogens is 1. The SMILES string of the molecule is COC(=O)c1ccc(/C=N/OCC(=O)Nc2ccc(Cl)cc2C)cc1. The smallest absolute Gasteiger partial charge is 0.337 e. The number of aryl methyl sites for hydroxylation is 1. The number of nitrogens with one attached hydrogen (secondary N) is 1. The van der Waals surface area contributed by atoms with Gasteiger partial charge in [-0.1, -0.05) is 28.9 Å². The van der Waals surface area contributed by atoms with Gasteiger partial charge in [-0.15, -0.1) is 0 Å². The van der Waals surface area contributed by atoms with Crippen molar-refractivity contribution in [2.24, 2.45) is 5.16 Å². The lowest BCUT2D eigenvalue weighted by Gasteiger charge is -2.07. The average Bonchev–Trinajstić information content (AvgIpc) is 2.61. The fourth-order valence-corrected chi connectivity index (χ4v) is 2.20. The molecule has 6 nitrogen and oxygen atoms in total. The zero-order valence-corrected chi connectivity index (χ0v) is 14.5. The van der Waals surface area contributed by atoms with Gasteiger partial charge in [0.05, 0.1) is 18.9 Å². The first kappa shape index (κ1) is 18.5. The molecule has 2 rings (SSSR count). The lowest BCUT2D eigenvalue weighted by molar-refractivity contribution is -0.120. The van der Waals surface area contributed by atoms with Crippen LogP contribution >= 0.6 is 11.6 Å². The average molecular weight is 361 g/mol. The number of rotatable bonds is 6. The van der Waals surface area contributed by atoms with Crippen LogP contribution in [0.5, 0.6) is 0 Å². The Bertz CT molecular complexity index is 788. The lowest BCUT2D eigenvalue weighted by atomic mass is 10.1. The maximum Gasteiger partial charge on any atom is 0.337 e. The third-order valence-electron chi connectivity index (χ3n) is 3.27. The van der Waals surface area contributed by atoms with Crippen LogP contribution in [0.15, 0.2) is 47.6 Å². The summed E-state index contributed by atoms with van der Waals surface area (Å²) in [6.45, 7) is 1.62. The van der Waals surface area contributed by atoms with Gasteiger partial charge in [0.15, 0.2) is 6.61 Å². The molecule has 25 heavy (non-hydrogen) atoms. The molecule has 0 spiro atoms. The summed E-state index contributed by atoms with van der Waals surface area (Å²) in [5.41, 5.74) is 2.69. The number of anilines is 1. The highest BCUT2D eigenvalue weighted by atomic mass is 35.5. The first-order valence-corrected chi connectivity index (χ1v) is 7.77. The molecule has 2 aromatic carbocycles. The second-order valence-corrected chi connectivity index (χ2v) is 5.57. The van der Waals surface area contributed by atoms with Gasteiger partial charge in [-0.2, -0.15) is 0 Å². The molecule has 1 amide bonds. The summed E-state index contributed by atoms with van der Waals surface area (Å²) in [7, 11) is 1.32. The minimum Gasteiger partial charge on any atom is -0.465 e. The highest BCUT2D eigenvalue weighted by Crippen LogP contribution is 2.19. The Kier molecular flexibility index (Phi) is 6.54. The Morgan fingerprint density at radius 2 is 1.92 bits per heavy atom. The molecule has 0 saturated heterocycles. The van der Waals surface area contributed by atoms with Crippen LogP contribution in [0.4, 0.5) is 5.69 Å². The van der Waals surface area contributed by atoms with Crippen molar-refractivity contribution >= 4 is 35.4 Å². The summed E-state index contributed by atoms with van der Waals surface area (Å²) in [4.78, 5) is 28.1. The van der Waals surface area contributed by atoms with Crippen LogP contribution in [0.25, 0.3) is 0 Å². The molecule has 0 fully saturated rings. The number of carbonyl (C=O) groups is 2. The highest BCUT2D eigenvalue weighted by molar-refractivity contribution is 6.30. The van der Waals surface area contributed by atoms with Crippen molar-refractivity contribution in [3.05, 3.63) is 64.2 Å². The van der Waals surface area contributed by atoms with Crippen molar-refractivity contribution < 1.29 is 19.2 Å². The van der Waals surface area contributed by atoms with E-state index >= 15 is 0 Å². The molecule has 1 N–H and O–H groups in total. The van der Waals surface area contributed by atoms with Gasteiger partial charge in [0.25, 0.3) is 5.91 Å². The van der Waals surface area contributed by atoms with Crippen LogP contribution in [-0.4, -0.2) is 31.8 Å². The highest BCUT2D eigenvalue weighted by Gasteiger charge is 2.06. The largest absolute Gasteiger partial charge is 0.465 e. The van der Waals surface area contributed by atoms with Gasteiger partial charge in [0, 0.05) is 10.7 Å². The van der Waals surface area contributed by atoms with Gasteiger partial charge >= 0.3 is 5.97 Å². The van der Waals surface area contributed by atoms with Gasteiger partial charge in [0.2, 0.25) is 0 Å². The van der Waals surface area contributed by atoms with Crippen molar-refractivity contribution in [3.63, 3.8) is 0 Å². The molecule has 0 atom stereocenters. The summed E-state index contributed by atoms with van der Waals surface area (Å²) in [5.74, 6) is -0.738. The summed E-state index contributed by atoms with van der Waals surface area (Å²) < 4.78 is 4.62. The maximum atomic E-state index is 11.8. The topological polar surface area (TPSA) is 77.0 Å². The zero-order chi connectivity index (χ0) is 18.2. The summed E-state index contributed by atoms with van der Waals surface area (Å²) >= 11 is 5.87. The molecule has 0 aliphatic carbocycles. The van der Waals surface area contributed by atoms with Gasteiger partial charge in [-0.25, -0.2) is 4.79 Å². The van der Waals surface area contributed by atoms with E-state index in [0.29, 0.717) is 16.3 Å². The van der Waals surface area contributed by atoms with Crippen molar-refractivity contribution in [1.82, 2.24) is 0 Å². The van der Waals surface area contributed by atoms with E-state index in [1.165, 1.54) is 13.3 Å². The Morgan fingerprint density at radius 1 is 1.20 bits per heavy atom. The number of ether oxygens (including phenoxy) is 1. The number of carbonyl (C=O) groups excluding carboxylic acids is 2. The number of hydrogen-bond donors (Lipinski definition) is 1. The maximum absolute atomic E-state index is 11.8. The molecule has 7 heteroatoms. The molecule has 0 heterocycles. The predicted molar refractivity (Wildman–Crippen MR) is 96.1 cm³/mol. The molecule has 2 aromatic rings. The van der Waals surface area contributed by atoms with Crippen LogP contribution in [0.1, 0.15) is 21.5 Å². The van der Waals surface area contributed by atoms with Gasteiger partial charge in [0.1, 0.15) is 0 Å².